The van der Waals surface area contributed by atoms with E-state index in [2.05, 4.69) is 15.5 Å². The Morgan fingerprint density at radius 2 is 2.21 bits per heavy atom. The molecule has 1 aliphatic rings. The van der Waals surface area contributed by atoms with Gasteiger partial charge in [0.1, 0.15) is 0 Å². The van der Waals surface area contributed by atoms with E-state index in [9.17, 15) is 4.79 Å². The largest absolute Gasteiger partial charge is 0.396 e. The van der Waals surface area contributed by atoms with Gasteiger partial charge in [0, 0.05) is 25.9 Å². The summed E-state index contributed by atoms with van der Waals surface area (Å²) in [7, 11) is 1.80. The fraction of sp³-hybridized carbons (Fsp3) is 0.615. The SMILES string of the molecule is CN(C(=O)Nc1cccnn1)C1CCC(CO)CC1. The van der Waals surface area contributed by atoms with E-state index in [0.717, 1.165) is 25.7 Å². The third-order valence-electron chi connectivity index (χ3n) is 3.75. The van der Waals surface area contributed by atoms with Crippen LogP contribution in [0.1, 0.15) is 25.7 Å². The van der Waals surface area contributed by atoms with Crippen molar-refractivity contribution in [3.63, 3.8) is 0 Å². The molecule has 2 amide bonds. The Morgan fingerprint density at radius 3 is 2.79 bits per heavy atom. The van der Waals surface area contributed by atoms with Crippen LogP contribution >= 0.6 is 0 Å². The minimum atomic E-state index is -0.159. The predicted octanol–water partition coefficient (Wildman–Crippen LogP) is 1.49. The van der Waals surface area contributed by atoms with Gasteiger partial charge in [0.2, 0.25) is 0 Å². The summed E-state index contributed by atoms with van der Waals surface area (Å²) in [5.41, 5.74) is 0. The number of urea groups is 1. The molecule has 1 aromatic heterocycles. The zero-order chi connectivity index (χ0) is 13.7. The maximum absolute atomic E-state index is 12.1. The van der Waals surface area contributed by atoms with Crippen LogP contribution in [0.15, 0.2) is 18.3 Å². The molecule has 1 saturated carbocycles. The maximum Gasteiger partial charge on any atom is 0.323 e. The van der Waals surface area contributed by atoms with E-state index in [1.54, 1.807) is 30.3 Å². The minimum absolute atomic E-state index is 0.159. The number of aliphatic hydroxyl groups excluding tert-OH is 1. The van der Waals surface area contributed by atoms with Crippen molar-refractivity contribution >= 4 is 11.8 Å². The number of aromatic nitrogens is 2. The summed E-state index contributed by atoms with van der Waals surface area (Å²) in [6, 6.07) is 3.52. The van der Waals surface area contributed by atoms with Gasteiger partial charge in [-0.25, -0.2) is 4.79 Å². The Hall–Kier alpha value is -1.69. The quantitative estimate of drug-likeness (QED) is 0.867. The first-order valence-electron chi connectivity index (χ1n) is 6.63. The molecule has 19 heavy (non-hydrogen) atoms. The lowest BCUT2D eigenvalue weighted by molar-refractivity contribution is 0.139. The fourth-order valence-electron chi connectivity index (χ4n) is 2.45. The molecule has 0 unspecified atom stereocenters. The van der Waals surface area contributed by atoms with Crippen molar-refractivity contribution in [3.05, 3.63) is 18.3 Å². The Kier molecular flexibility index (Phi) is 4.68. The van der Waals surface area contributed by atoms with Gasteiger partial charge in [-0.1, -0.05) is 0 Å². The number of nitrogens with one attached hydrogen (secondary N) is 1. The number of anilines is 1. The van der Waals surface area contributed by atoms with Gasteiger partial charge in [0.05, 0.1) is 0 Å². The lowest BCUT2D eigenvalue weighted by Crippen LogP contribution is -2.42. The number of nitrogens with zero attached hydrogens (tertiary/aromatic N) is 3. The van der Waals surface area contributed by atoms with Gasteiger partial charge in [0.15, 0.2) is 5.82 Å². The molecule has 1 heterocycles. The molecule has 2 rings (SSSR count). The van der Waals surface area contributed by atoms with Crippen molar-refractivity contribution in [3.8, 4) is 0 Å². The van der Waals surface area contributed by atoms with Crippen molar-refractivity contribution in [1.82, 2.24) is 15.1 Å². The molecule has 2 N–H and O–H groups in total. The van der Waals surface area contributed by atoms with Crippen LogP contribution in [-0.2, 0) is 0 Å². The van der Waals surface area contributed by atoms with Crippen LogP contribution in [0.5, 0.6) is 0 Å². The number of aliphatic hydroxyl groups is 1. The molecule has 0 saturated heterocycles. The molecular formula is C13H20N4O2. The molecule has 6 heteroatoms. The average molecular weight is 264 g/mol. The van der Waals surface area contributed by atoms with Crippen LogP contribution in [-0.4, -0.2) is 45.9 Å². The second kappa shape index (κ2) is 6.47. The Balaban J connectivity index is 1.86. The number of carbonyl (C=O) groups excluding carboxylic acids is 1. The Bertz CT molecular complexity index is 404. The van der Waals surface area contributed by atoms with Crippen molar-refractivity contribution in [1.29, 1.82) is 0 Å². The zero-order valence-corrected chi connectivity index (χ0v) is 11.1. The molecule has 0 atom stereocenters. The molecule has 0 aliphatic heterocycles. The average Bonchev–Trinajstić information content (AvgIpc) is 2.47. The Morgan fingerprint density at radius 1 is 1.47 bits per heavy atom. The number of hydrogen-bond acceptors (Lipinski definition) is 4. The fourth-order valence-corrected chi connectivity index (χ4v) is 2.45. The van der Waals surface area contributed by atoms with Gasteiger partial charge in [-0.2, -0.15) is 5.10 Å². The van der Waals surface area contributed by atoms with Crippen LogP contribution in [0.25, 0.3) is 0 Å². The number of amides is 2. The van der Waals surface area contributed by atoms with Crippen molar-refractivity contribution < 1.29 is 9.90 Å². The highest BCUT2D eigenvalue weighted by Crippen LogP contribution is 2.26. The standard InChI is InChI=1S/C13H20N4O2/c1-17(11-6-4-10(9-18)5-7-11)13(19)15-12-3-2-8-14-16-12/h2-3,8,10-11,18H,4-7,9H2,1H3,(H,15,16,19). The third kappa shape index (κ3) is 3.64. The van der Waals surface area contributed by atoms with Crippen LogP contribution in [0, 0.1) is 5.92 Å². The van der Waals surface area contributed by atoms with Crippen molar-refractivity contribution in [2.45, 2.75) is 31.7 Å². The van der Waals surface area contributed by atoms with Crippen molar-refractivity contribution in [2.75, 3.05) is 19.0 Å². The molecule has 1 aliphatic carbocycles. The summed E-state index contributed by atoms with van der Waals surface area (Å²) >= 11 is 0. The van der Waals surface area contributed by atoms with Gasteiger partial charge in [-0.05, 0) is 43.7 Å². The van der Waals surface area contributed by atoms with E-state index in [1.165, 1.54) is 0 Å². The molecule has 1 fully saturated rings. The predicted molar refractivity (Wildman–Crippen MR) is 71.6 cm³/mol. The highest BCUT2D eigenvalue weighted by Gasteiger charge is 2.26. The summed E-state index contributed by atoms with van der Waals surface area (Å²) in [5, 5.41) is 19.4. The van der Waals surface area contributed by atoms with Crippen LogP contribution in [0.4, 0.5) is 10.6 Å². The van der Waals surface area contributed by atoms with E-state index < -0.39 is 0 Å². The lowest BCUT2D eigenvalue weighted by atomic mass is 9.86. The first kappa shape index (κ1) is 13.7. The molecule has 0 radical (unpaired) electrons. The van der Waals surface area contributed by atoms with Gasteiger partial charge in [0.25, 0.3) is 0 Å². The first-order chi connectivity index (χ1) is 9.20. The molecule has 0 aromatic carbocycles. The van der Waals surface area contributed by atoms with E-state index in [4.69, 9.17) is 5.11 Å². The molecule has 0 spiro atoms. The van der Waals surface area contributed by atoms with E-state index in [1.807, 2.05) is 0 Å². The van der Waals surface area contributed by atoms with Crippen molar-refractivity contribution in [2.24, 2.45) is 5.92 Å². The summed E-state index contributed by atoms with van der Waals surface area (Å²) < 4.78 is 0. The maximum atomic E-state index is 12.1. The smallest absolute Gasteiger partial charge is 0.323 e. The third-order valence-corrected chi connectivity index (χ3v) is 3.75. The number of rotatable bonds is 3. The van der Waals surface area contributed by atoms with E-state index in [0.29, 0.717) is 11.7 Å². The number of hydrogen-bond donors (Lipinski definition) is 2. The molecule has 104 valence electrons. The molecule has 1 aromatic rings. The first-order valence-corrected chi connectivity index (χ1v) is 6.63. The lowest BCUT2D eigenvalue weighted by Gasteiger charge is -2.33. The van der Waals surface area contributed by atoms with Gasteiger partial charge in [-0.3, -0.25) is 5.32 Å². The normalized spacial score (nSPS) is 22.8. The second-order valence-corrected chi connectivity index (χ2v) is 5.01. The molecular weight excluding hydrogens is 244 g/mol. The van der Waals surface area contributed by atoms with E-state index >= 15 is 0 Å². The number of carbonyl (C=O) groups is 1. The highest BCUT2D eigenvalue weighted by atomic mass is 16.3. The molecule has 0 bridgehead atoms. The molecule has 6 nitrogen and oxygen atoms in total. The van der Waals surface area contributed by atoms with E-state index in [-0.39, 0.29) is 18.7 Å². The summed E-state index contributed by atoms with van der Waals surface area (Å²) in [6.45, 7) is 0.252. The van der Waals surface area contributed by atoms with Crippen LogP contribution in [0.2, 0.25) is 0 Å². The van der Waals surface area contributed by atoms with Gasteiger partial charge >= 0.3 is 6.03 Å². The van der Waals surface area contributed by atoms with Gasteiger partial charge < -0.3 is 10.0 Å². The zero-order valence-electron chi connectivity index (χ0n) is 11.1. The van der Waals surface area contributed by atoms with Crippen LogP contribution in [0.3, 0.4) is 0 Å². The summed E-state index contributed by atoms with van der Waals surface area (Å²) in [5.74, 6) is 0.857. The summed E-state index contributed by atoms with van der Waals surface area (Å²) in [4.78, 5) is 13.8. The monoisotopic (exact) mass is 264 g/mol. The second-order valence-electron chi connectivity index (χ2n) is 5.01. The summed E-state index contributed by atoms with van der Waals surface area (Å²) in [6.07, 6.45) is 5.40. The minimum Gasteiger partial charge on any atom is -0.396 e. The van der Waals surface area contributed by atoms with Crippen LogP contribution < -0.4 is 5.32 Å². The highest BCUT2D eigenvalue weighted by molar-refractivity contribution is 5.88. The Labute approximate surface area is 112 Å². The topological polar surface area (TPSA) is 78.4 Å². The van der Waals surface area contributed by atoms with Gasteiger partial charge in [-0.15, -0.1) is 5.10 Å².